The molecule has 0 saturated carbocycles. The monoisotopic (exact) mass is 367 g/mol. The van der Waals surface area contributed by atoms with Crippen molar-refractivity contribution in [3.8, 4) is 22.9 Å². The number of amides is 1. The first kappa shape index (κ1) is 18.4. The highest BCUT2D eigenvalue weighted by molar-refractivity contribution is 5.94. The van der Waals surface area contributed by atoms with Crippen LogP contribution < -0.4 is 14.8 Å². The predicted octanol–water partition coefficient (Wildman–Crippen LogP) is 3.12. The quantitative estimate of drug-likeness (QED) is 0.616. The van der Waals surface area contributed by atoms with Crippen molar-refractivity contribution < 1.29 is 18.8 Å². The molecule has 0 aliphatic heterocycles. The van der Waals surface area contributed by atoms with E-state index >= 15 is 0 Å². The maximum atomic E-state index is 12.1. The van der Waals surface area contributed by atoms with Gasteiger partial charge in [-0.05, 0) is 55.0 Å². The van der Waals surface area contributed by atoms with Gasteiger partial charge < -0.3 is 19.3 Å². The van der Waals surface area contributed by atoms with Crippen molar-refractivity contribution in [2.75, 3.05) is 20.8 Å². The summed E-state index contributed by atoms with van der Waals surface area (Å²) < 4.78 is 15.5. The van der Waals surface area contributed by atoms with E-state index in [9.17, 15) is 4.79 Å². The Hall–Kier alpha value is -3.35. The number of rotatable bonds is 8. The van der Waals surface area contributed by atoms with Crippen LogP contribution in [0.15, 0.2) is 53.1 Å². The molecule has 0 fully saturated rings. The molecule has 0 saturated heterocycles. The highest BCUT2D eigenvalue weighted by Crippen LogP contribution is 2.20. The van der Waals surface area contributed by atoms with Crippen molar-refractivity contribution >= 4 is 5.91 Å². The Balaban J connectivity index is 1.46. The fourth-order valence-electron chi connectivity index (χ4n) is 2.50. The molecule has 27 heavy (non-hydrogen) atoms. The number of benzene rings is 2. The van der Waals surface area contributed by atoms with Crippen LogP contribution in [0.3, 0.4) is 0 Å². The first-order valence-corrected chi connectivity index (χ1v) is 8.59. The average molecular weight is 367 g/mol. The summed E-state index contributed by atoms with van der Waals surface area (Å²) in [5.74, 6) is 2.45. The number of carbonyl (C=O) groups is 1. The molecule has 3 aromatic rings. The Morgan fingerprint density at radius 3 is 2.26 bits per heavy atom. The van der Waals surface area contributed by atoms with Crippen molar-refractivity contribution in [2.45, 2.75) is 12.8 Å². The minimum absolute atomic E-state index is 0.123. The Morgan fingerprint density at radius 1 is 1.00 bits per heavy atom. The minimum atomic E-state index is -0.123. The lowest BCUT2D eigenvalue weighted by molar-refractivity contribution is 0.0953. The predicted molar refractivity (Wildman–Crippen MR) is 99.9 cm³/mol. The Kier molecular flexibility index (Phi) is 6.04. The number of carbonyl (C=O) groups excluding carboxylic acids is 1. The van der Waals surface area contributed by atoms with Crippen molar-refractivity contribution in [1.29, 1.82) is 0 Å². The second-order valence-corrected chi connectivity index (χ2v) is 5.83. The molecular formula is C20H21N3O4. The van der Waals surface area contributed by atoms with Crippen LogP contribution in [0.25, 0.3) is 11.4 Å². The number of nitrogens with zero attached hydrogens (tertiary/aromatic N) is 2. The molecule has 1 heterocycles. The SMILES string of the molecule is COc1ccc(C(=O)NCCCc2nc(-c3ccc(OC)cc3)no2)cc1. The minimum Gasteiger partial charge on any atom is -0.497 e. The summed E-state index contributed by atoms with van der Waals surface area (Å²) in [7, 11) is 3.21. The zero-order valence-corrected chi connectivity index (χ0v) is 15.3. The molecule has 0 spiro atoms. The number of hydrogen-bond acceptors (Lipinski definition) is 6. The van der Waals surface area contributed by atoms with Crippen LogP contribution in [0.2, 0.25) is 0 Å². The van der Waals surface area contributed by atoms with Crippen molar-refractivity contribution in [3.05, 3.63) is 60.0 Å². The van der Waals surface area contributed by atoms with Crippen molar-refractivity contribution in [1.82, 2.24) is 15.5 Å². The summed E-state index contributed by atoms with van der Waals surface area (Å²) in [6.45, 7) is 0.519. The van der Waals surface area contributed by atoms with Gasteiger partial charge in [-0.25, -0.2) is 0 Å². The van der Waals surface area contributed by atoms with E-state index in [4.69, 9.17) is 14.0 Å². The van der Waals surface area contributed by atoms with Gasteiger partial charge >= 0.3 is 0 Å². The van der Waals surface area contributed by atoms with E-state index in [2.05, 4.69) is 15.5 Å². The standard InChI is InChI=1S/C20H21N3O4/c1-25-16-9-5-14(6-10-16)19-22-18(27-23-19)4-3-13-21-20(24)15-7-11-17(26-2)12-8-15/h5-12H,3-4,13H2,1-2H3,(H,21,24). The van der Waals surface area contributed by atoms with Crippen LogP contribution in [0.4, 0.5) is 0 Å². The summed E-state index contributed by atoms with van der Waals surface area (Å²) in [5.41, 5.74) is 1.45. The van der Waals surface area contributed by atoms with Gasteiger partial charge in [0.25, 0.3) is 5.91 Å². The number of hydrogen-bond donors (Lipinski definition) is 1. The van der Waals surface area contributed by atoms with E-state index < -0.39 is 0 Å². The van der Waals surface area contributed by atoms with Crippen LogP contribution in [-0.4, -0.2) is 36.8 Å². The fourth-order valence-corrected chi connectivity index (χ4v) is 2.50. The second-order valence-electron chi connectivity index (χ2n) is 5.83. The largest absolute Gasteiger partial charge is 0.497 e. The molecule has 0 unspecified atom stereocenters. The molecular weight excluding hydrogens is 346 g/mol. The van der Waals surface area contributed by atoms with E-state index in [1.54, 1.807) is 38.5 Å². The normalized spacial score (nSPS) is 10.4. The van der Waals surface area contributed by atoms with Gasteiger partial charge in [0.05, 0.1) is 14.2 Å². The molecule has 2 aromatic carbocycles. The molecule has 0 aliphatic rings. The van der Waals surface area contributed by atoms with E-state index in [0.717, 1.165) is 17.1 Å². The lowest BCUT2D eigenvalue weighted by atomic mass is 10.2. The Labute approximate surface area is 157 Å². The Bertz CT molecular complexity index is 873. The zero-order valence-electron chi connectivity index (χ0n) is 15.3. The summed E-state index contributed by atoms with van der Waals surface area (Å²) in [6.07, 6.45) is 1.29. The van der Waals surface area contributed by atoms with Crippen molar-refractivity contribution in [2.24, 2.45) is 0 Å². The maximum Gasteiger partial charge on any atom is 0.251 e. The summed E-state index contributed by atoms with van der Waals surface area (Å²) in [6, 6.07) is 14.4. The van der Waals surface area contributed by atoms with Gasteiger partial charge in [0.15, 0.2) is 0 Å². The van der Waals surface area contributed by atoms with Gasteiger partial charge in [-0.3, -0.25) is 4.79 Å². The molecule has 7 nitrogen and oxygen atoms in total. The van der Waals surface area contributed by atoms with E-state index in [0.29, 0.717) is 36.7 Å². The summed E-state index contributed by atoms with van der Waals surface area (Å²) in [5, 5.41) is 6.87. The van der Waals surface area contributed by atoms with Gasteiger partial charge in [0.1, 0.15) is 11.5 Å². The number of ether oxygens (including phenoxy) is 2. The molecule has 3 rings (SSSR count). The lowest BCUT2D eigenvalue weighted by Crippen LogP contribution is -2.24. The number of methoxy groups -OCH3 is 2. The third-order valence-corrected chi connectivity index (χ3v) is 4.02. The topological polar surface area (TPSA) is 86.5 Å². The smallest absolute Gasteiger partial charge is 0.251 e. The Morgan fingerprint density at radius 2 is 1.63 bits per heavy atom. The molecule has 7 heteroatoms. The second kappa shape index (κ2) is 8.84. The number of aryl methyl sites for hydroxylation is 1. The third kappa shape index (κ3) is 4.84. The fraction of sp³-hybridized carbons (Fsp3) is 0.250. The van der Waals surface area contributed by atoms with Gasteiger partial charge in [-0.15, -0.1) is 0 Å². The first-order valence-electron chi connectivity index (χ1n) is 8.59. The number of nitrogens with one attached hydrogen (secondary N) is 1. The third-order valence-electron chi connectivity index (χ3n) is 4.02. The molecule has 140 valence electrons. The molecule has 0 radical (unpaired) electrons. The molecule has 0 aliphatic carbocycles. The highest BCUT2D eigenvalue weighted by Gasteiger charge is 2.09. The van der Waals surface area contributed by atoms with E-state index in [1.807, 2.05) is 24.3 Å². The lowest BCUT2D eigenvalue weighted by Gasteiger charge is -2.05. The maximum absolute atomic E-state index is 12.1. The summed E-state index contributed by atoms with van der Waals surface area (Å²) >= 11 is 0. The molecule has 1 aromatic heterocycles. The van der Waals surface area contributed by atoms with Gasteiger partial charge in [0.2, 0.25) is 11.7 Å². The van der Waals surface area contributed by atoms with Crippen LogP contribution in [0.1, 0.15) is 22.7 Å². The zero-order chi connectivity index (χ0) is 19.1. The van der Waals surface area contributed by atoms with Crippen LogP contribution in [-0.2, 0) is 6.42 Å². The first-order chi connectivity index (χ1) is 13.2. The molecule has 1 N–H and O–H groups in total. The number of aromatic nitrogens is 2. The van der Waals surface area contributed by atoms with Gasteiger partial charge in [0, 0.05) is 24.1 Å². The van der Waals surface area contributed by atoms with Gasteiger partial charge in [-0.1, -0.05) is 5.16 Å². The molecule has 1 amide bonds. The molecule has 0 atom stereocenters. The summed E-state index contributed by atoms with van der Waals surface area (Å²) in [4.78, 5) is 16.5. The molecule has 0 bridgehead atoms. The van der Waals surface area contributed by atoms with Gasteiger partial charge in [-0.2, -0.15) is 4.98 Å². The average Bonchev–Trinajstić information content (AvgIpc) is 3.20. The van der Waals surface area contributed by atoms with Crippen LogP contribution >= 0.6 is 0 Å². The van der Waals surface area contributed by atoms with Crippen LogP contribution in [0, 0.1) is 0 Å². The van der Waals surface area contributed by atoms with Crippen LogP contribution in [0.5, 0.6) is 11.5 Å². The van der Waals surface area contributed by atoms with E-state index in [-0.39, 0.29) is 5.91 Å². The van der Waals surface area contributed by atoms with Crippen molar-refractivity contribution in [3.63, 3.8) is 0 Å². The highest BCUT2D eigenvalue weighted by atomic mass is 16.5. The van der Waals surface area contributed by atoms with E-state index in [1.165, 1.54) is 0 Å².